The molecular formula is C22H31N3O2. The topological polar surface area (TPSA) is 54.9 Å². The SMILES string of the molecule is CCOCc1ccccc1CNC(=NC)NCc1ccc(C)cc1OCC. The van der Waals surface area contributed by atoms with Crippen molar-refractivity contribution in [3.05, 3.63) is 64.7 Å². The van der Waals surface area contributed by atoms with Gasteiger partial charge < -0.3 is 20.1 Å². The predicted octanol–water partition coefficient (Wildman–Crippen LogP) is 3.80. The summed E-state index contributed by atoms with van der Waals surface area (Å²) in [4.78, 5) is 4.33. The van der Waals surface area contributed by atoms with E-state index in [-0.39, 0.29) is 0 Å². The molecule has 5 heteroatoms. The Morgan fingerprint density at radius 3 is 2.30 bits per heavy atom. The van der Waals surface area contributed by atoms with E-state index in [1.54, 1.807) is 7.05 Å². The molecule has 0 aliphatic rings. The number of guanidine groups is 1. The molecule has 2 rings (SSSR count). The lowest BCUT2D eigenvalue weighted by molar-refractivity contribution is 0.133. The van der Waals surface area contributed by atoms with Crippen LogP contribution in [0.4, 0.5) is 0 Å². The van der Waals surface area contributed by atoms with Crippen LogP contribution in [0.25, 0.3) is 0 Å². The highest BCUT2D eigenvalue weighted by atomic mass is 16.5. The van der Waals surface area contributed by atoms with Gasteiger partial charge in [-0.15, -0.1) is 0 Å². The van der Waals surface area contributed by atoms with Gasteiger partial charge in [0.2, 0.25) is 0 Å². The Labute approximate surface area is 162 Å². The minimum absolute atomic E-state index is 0.626. The number of hydrogen-bond donors (Lipinski definition) is 2. The fourth-order valence-electron chi connectivity index (χ4n) is 2.76. The lowest BCUT2D eigenvalue weighted by Crippen LogP contribution is -2.36. The van der Waals surface area contributed by atoms with Crippen molar-refractivity contribution in [1.29, 1.82) is 0 Å². The smallest absolute Gasteiger partial charge is 0.191 e. The van der Waals surface area contributed by atoms with Gasteiger partial charge in [0.25, 0.3) is 0 Å². The van der Waals surface area contributed by atoms with Gasteiger partial charge in [0.15, 0.2) is 5.96 Å². The van der Waals surface area contributed by atoms with E-state index in [1.165, 1.54) is 16.7 Å². The van der Waals surface area contributed by atoms with Crippen molar-refractivity contribution in [2.75, 3.05) is 20.3 Å². The molecule has 2 aromatic rings. The van der Waals surface area contributed by atoms with Crippen LogP contribution in [0.5, 0.6) is 5.75 Å². The molecule has 0 aromatic heterocycles. The highest BCUT2D eigenvalue weighted by Gasteiger charge is 2.07. The predicted molar refractivity (Wildman–Crippen MR) is 111 cm³/mol. The molecule has 5 nitrogen and oxygen atoms in total. The third-order valence-electron chi connectivity index (χ3n) is 4.22. The molecule has 2 aromatic carbocycles. The molecule has 146 valence electrons. The molecular weight excluding hydrogens is 338 g/mol. The molecule has 0 saturated carbocycles. The summed E-state index contributed by atoms with van der Waals surface area (Å²) in [6, 6.07) is 14.6. The van der Waals surface area contributed by atoms with Crippen LogP contribution in [0, 0.1) is 6.92 Å². The van der Waals surface area contributed by atoms with E-state index in [0.717, 1.165) is 17.3 Å². The summed E-state index contributed by atoms with van der Waals surface area (Å²) in [5, 5.41) is 6.74. The zero-order valence-electron chi connectivity index (χ0n) is 16.8. The second-order valence-electron chi connectivity index (χ2n) is 6.23. The van der Waals surface area contributed by atoms with E-state index in [2.05, 4.69) is 52.9 Å². The maximum Gasteiger partial charge on any atom is 0.191 e. The van der Waals surface area contributed by atoms with Crippen molar-refractivity contribution in [2.24, 2.45) is 4.99 Å². The standard InChI is InChI=1S/C22H31N3O2/c1-5-26-16-20-10-8-7-9-18(20)14-24-22(23-4)25-15-19-12-11-17(3)13-21(19)27-6-2/h7-13H,5-6,14-16H2,1-4H3,(H2,23,24,25). The first-order valence-corrected chi connectivity index (χ1v) is 9.49. The first kappa shape index (κ1) is 20.8. The van der Waals surface area contributed by atoms with Crippen LogP contribution in [0.15, 0.2) is 47.5 Å². The maximum atomic E-state index is 5.75. The number of nitrogens with zero attached hydrogens (tertiary/aromatic N) is 1. The van der Waals surface area contributed by atoms with E-state index in [4.69, 9.17) is 9.47 Å². The fraction of sp³-hybridized carbons (Fsp3) is 0.409. The number of benzene rings is 2. The highest BCUT2D eigenvalue weighted by Crippen LogP contribution is 2.20. The van der Waals surface area contributed by atoms with E-state index < -0.39 is 0 Å². The molecule has 0 spiro atoms. The van der Waals surface area contributed by atoms with Gasteiger partial charge >= 0.3 is 0 Å². The average molecular weight is 370 g/mol. The van der Waals surface area contributed by atoms with Gasteiger partial charge in [0.05, 0.1) is 13.2 Å². The second kappa shape index (κ2) is 11.2. The van der Waals surface area contributed by atoms with Crippen molar-refractivity contribution < 1.29 is 9.47 Å². The molecule has 0 unspecified atom stereocenters. The molecule has 0 radical (unpaired) electrons. The number of rotatable bonds is 9. The largest absolute Gasteiger partial charge is 0.494 e. The summed E-state index contributed by atoms with van der Waals surface area (Å²) in [5.74, 6) is 1.67. The van der Waals surface area contributed by atoms with Crippen LogP contribution in [-0.4, -0.2) is 26.2 Å². The molecule has 2 N–H and O–H groups in total. The third kappa shape index (κ3) is 6.61. The van der Waals surface area contributed by atoms with Crippen molar-refractivity contribution in [3.63, 3.8) is 0 Å². The summed E-state index contributed by atoms with van der Waals surface area (Å²) in [7, 11) is 1.78. The van der Waals surface area contributed by atoms with Crippen molar-refractivity contribution in [3.8, 4) is 5.75 Å². The van der Waals surface area contributed by atoms with Gasteiger partial charge in [-0.05, 0) is 43.5 Å². The van der Waals surface area contributed by atoms with Gasteiger partial charge in [0.1, 0.15) is 5.75 Å². The Kier molecular flexibility index (Phi) is 8.65. The molecule has 0 heterocycles. The zero-order valence-corrected chi connectivity index (χ0v) is 16.8. The Morgan fingerprint density at radius 1 is 0.926 bits per heavy atom. The van der Waals surface area contributed by atoms with Gasteiger partial charge in [-0.25, -0.2) is 0 Å². The normalized spacial score (nSPS) is 11.3. The number of ether oxygens (including phenoxy) is 2. The van der Waals surface area contributed by atoms with Gasteiger partial charge in [0, 0.05) is 32.3 Å². The molecule has 0 aliphatic carbocycles. The fourth-order valence-corrected chi connectivity index (χ4v) is 2.76. The van der Waals surface area contributed by atoms with Crippen LogP contribution < -0.4 is 15.4 Å². The third-order valence-corrected chi connectivity index (χ3v) is 4.22. The Bertz CT molecular complexity index is 744. The molecule has 27 heavy (non-hydrogen) atoms. The maximum absolute atomic E-state index is 5.75. The van der Waals surface area contributed by atoms with Gasteiger partial charge in [-0.3, -0.25) is 4.99 Å². The summed E-state index contributed by atoms with van der Waals surface area (Å²) in [6.07, 6.45) is 0. The Hall–Kier alpha value is -2.53. The van der Waals surface area contributed by atoms with Crippen LogP contribution in [0.3, 0.4) is 0 Å². The molecule has 0 aliphatic heterocycles. The number of nitrogens with one attached hydrogen (secondary N) is 2. The summed E-state index contributed by atoms with van der Waals surface area (Å²) < 4.78 is 11.3. The van der Waals surface area contributed by atoms with Crippen molar-refractivity contribution in [1.82, 2.24) is 10.6 Å². The first-order chi connectivity index (χ1) is 13.2. The van der Waals surface area contributed by atoms with Gasteiger partial charge in [-0.2, -0.15) is 0 Å². The highest BCUT2D eigenvalue weighted by molar-refractivity contribution is 5.79. The molecule has 0 fully saturated rings. The molecule has 0 bridgehead atoms. The quantitative estimate of drug-likeness (QED) is 0.521. The monoisotopic (exact) mass is 369 g/mol. The lowest BCUT2D eigenvalue weighted by Gasteiger charge is -2.16. The number of hydrogen-bond acceptors (Lipinski definition) is 3. The van der Waals surface area contributed by atoms with Crippen LogP contribution in [0.1, 0.15) is 36.1 Å². The van der Waals surface area contributed by atoms with E-state index in [1.807, 2.05) is 26.0 Å². The summed E-state index contributed by atoms with van der Waals surface area (Å²) in [5.41, 5.74) is 4.71. The van der Waals surface area contributed by atoms with Crippen LogP contribution >= 0.6 is 0 Å². The average Bonchev–Trinajstić information content (AvgIpc) is 2.68. The Balaban J connectivity index is 1.96. The minimum Gasteiger partial charge on any atom is -0.494 e. The number of aliphatic imine (C=N–C) groups is 1. The zero-order chi connectivity index (χ0) is 19.5. The van der Waals surface area contributed by atoms with Crippen LogP contribution in [-0.2, 0) is 24.4 Å². The Morgan fingerprint density at radius 2 is 1.63 bits per heavy atom. The van der Waals surface area contributed by atoms with E-state index in [0.29, 0.717) is 32.9 Å². The van der Waals surface area contributed by atoms with Crippen molar-refractivity contribution in [2.45, 2.75) is 40.5 Å². The lowest BCUT2D eigenvalue weighted by atomic mass is 10.1. The molecule has 0 saturated heterocycles. The second-order valence-corrected chi connectivity index (χ2v) is 6.23. The molecule has 0 amide bonds. The van der Waals surface area contributed by atoms with E-state index >= 15 is 0 Å². The molecule has 0 atom stereocenters. The van der Waals surface area contributed by atoms with Crippen molar-refractivity contribution >= 4 is 5.96 Å². The van der Waals surface area contributed by atoms with E-state index in [9.17, 15) is 0 Å². The van der Waals surface area contributed by atoms with Gasteiger partial charge in [-0.1, -0.05) is 36.4 Å². The first-order valence-electron chi connectivity index (χ1n) is 9.49. The summed E-state index contributed by atoms with van der Waals surface area (Å²) in [6.45, 7) is 9.41. The minimum atomic E-state index is 0.626. The number of aryl methyl sites for hydroxylation is 1. The summed E-state index contributed by atoms with van der Waals surface area (Å²) >= 11 is 0. The van der Waals surface area contributed by atoms with Crippen LogP contribution in [0.2, 0.25) is 0 Å².